The Labute approximate surface area is 106 Å². The van der Waals surface area contributed by atoms with Crippen molar-refractivity contribution in [3.8, 4) is 0 Å². The molecule has 2 nitrogen and oxygen atoms in total. The lowest BCUT2D eigenvalue weighted by Gasteiger charge is -2.02. The first kappa shape index (κ1) is 16.2. The molecule has 0 heterocycles. The molecule has 0 spiro atoms. The van der Waals surface area contributed by atoms with E-state index in [1.165, 1.54) is 38.5 Å². The lowest BCUT2D eigenvalue weighted by molar-refractivity contribution is -0.142. The summed E-state index contributed by atoms with van der Waals surface area (Å²) in [6, 6.07) is 0. The number of unbranched alkanes of at least 4 members (excludes halogenated alkanes) is 6. The van der Waals surface area contributed by atoms with Gasteiger partial charge in [0.1, 0.15) is 0 Å². The first-order chi connectivity index (χ1) is 8.31. The van der Waals surface area contributed by atoms with Crippen molar-refractivity contribution >= 4 is 5.97 Å². The van der Waals surface area contributed by atoms with Gasteiger partial charge in [-0.3, -0.25) is 4.79 Å². The monoisotopic (exact) mass is 240 g/mol. The van der Waals surface area contributed by atoms with Gasteiger partial charge in [0.25, 0.3) is 0 Å². The van der Waals surface area contributed by atoms with Crippen LogP contribution in [0, 0.1) is 0 Å². The summed E-state index contributed by atoms with van der Waals surface area (Å²) < 4.78 is 5.14. The average molecular weight is 240 g/mol. The van der Waals surface area contributed by atoms with Crippen LogP contribution in [-0.2, 0) is 9.53 Å². The van der Waals surface area contributed by atoms with E-state index in [4.69, 9.17) is 4.74 Å². The number of carbonyl (C=O) groups is 1. The standard InChI is InChI=1S/C15H28O2/c1-3-5-7-9-11-13-15(16)17-14-12-10-8-6-4-2/h9,11H,3-8,10,12-14H2,1-2H3/b11-9+. The zero-order valence-electron chi connectivity index (χ0n) is 11.5. The highest BCUT2D eigenvalue weighted by atomic mass is 16.5. The van der Waals surface area contributed by atoms with Gasteiger partial charge in [-0.25, -0.2) is 0 Å². The van der Waals surface area contributed by atoms with Crippen LogP contribution in [0.25, 0.3) is 0 Å². The Hall–Kier alpha value is -0.790. The molecule has 0 aromatic carbocycles. The molecule has 2 heteroatoms. The fraction of sp³-hybridized carbons (Fsp3) is 0.800. The van der Waals surface area contributed by atoms with Crippen molar-refractivity contribution in [1.29, 1.82) is 0 Å². The summed E-state index contributed by atoms with van der Waals surface area (Å²) in [4.78, 5) is 11.3. The first-order valence-electron chi connectivity index (χ1n) is 7.11. The van der Waals surface area contributed by atoms with Gasteiger partial charge in [-0.05, 0) is 12.8 Å². The highest BCUT2D eigenvalue weighted by Gasteiger charge is 1.98. The highest BCUT2D eigenvalue weighted by Crippen LogP contribution is 2.03. The molecule has 0 bridgehead atoms. The largest absolute Gasteiger partial charge is 0.465 e. The van der Waals surface area contributed by atoms with Gasteiger partial charge in [0, 0.05) is 0 Å². The van der Waals surface area contributed by atoms with Gasteiger partial charge < -0.3 is 4.74 Å². The summed E-state index contributed by atoms with van der Waals surface area (Å²) in [5, 5.41) is 0. The zero-order valence-corrected chi connectivity index (χ0v) is 11.5. The number of hydrogen-bond acceptors (Lipinski definition) is 2. The molecule has 0 fully saturated rings. The van der Waals surface area contributed by atoms with Crippen LogP contribution >= 0.6 is 0 Å². The molecule has 0 amide bonds. The van der Waals surface area contributed by atoms with Gasteiger partial charge in [0.15, 0.2) is 0 Å². The van der Waals surface area contributed by atoms with Crippen LogP contribution < -0.4 is 0 Å². The lowest BCUT2D eigenvalue weighted by Crippen LogP contribution is -2.04. The van der Waals surface area contributed by atoms with Crippen LogP contribution in [0.15, 0.2) is 12.2 Å². The minimum Gasteiger partial charge on any atom is -0.465 e. The van der Waals surface area contributed by atoms with Crippen LogP contribution in [0.4, 0.5) is 0 Å². The van der Waals surface area contributed by atoms with Gasteiger partial charge in [-0.15, -0.1) is 0 Å². The molecule has 0 unspecified atom stereocenters. The summed E-state index contributed by atoms with van der Waals surface area (Å²) in [6.45, 7) is 4.96. The van der Waals surface area contributed by atoms with E-state index in [-0.39, 0.29) is 5.97 Å². The second kappa shape index (κ2) is 13.3. The van der Waals surface area contributed by atoms with Gasteiger partial charge in [-0.1, -0.05) is 64.5 Å². The second-order valence-corrected chi connectivity index (χ2v) is 4.45. The highest BCUT2D eigenvalue weighted by molar-refractivity contribution is 5.71. The smallest absolute Gasteiger partial charge is 0.309 e. The molecule has 17 heavy (non-hydrogen) atoms. The zero-order chi connectivity index (χ0) is 12.8. The Kier molecular flexibility index (Phi) is 12.7. The molecule has 0 saturated carbocycles. The van der Waals surface area contributed by atoms with Crippen molar-refractivity contribution < 1.29 is 9.53 Å². The van der Waals surface area contributed by atoms with Crippen molar-refractivity contribution in [2.75, 3.05) is 6.61 Å². The van der Waals surface area contributed by atoms with E-state index in [1.807, 2.05) is 6.08 Å². The fourth-order valence-corrected chi connectivity index (χ4v) is 1.57. The fourth-order valence-electron chi connectivity index (χ4n) is 1.57. The molecule has 0 aromatic rings. The quantitative estimate of drug-likeness (QED) is 0.299. The summed E-state index contributed by atoms with van der Waals surface area (Å²) in [7, 11) is 0. The lowest BCUT2D eigenvalue weighted by atomic mass is 10.2. The predicted octanol–water partition coefficient (Wildman–Crippen LogP) is 4.64. The third kappa shape index (κ3) is 13.1. The Morgan fingerprint density at radius 2 is 1.65 bits per heavy atom. The van der Waals surface area contributed by atoms with E-state index in [0.29, 0.717) is 13.0 Å². The van der Waals surface area contributed by atoms with Crippen LogP contribution in [0.5, 0.6) is 0 Å². The Morgan fingerprint density at radius 3 is 2.35 bits per heavy atom. The van der Waals surface area contributed by atoms with Crippen LogP contribution in [0.1, 0.15) is 71.6 Å². The third-order valence-electron chi connectivity index (χ3n) is 2.69. The molecule has 100 valence electrons. The van der Waals surface area contributed by atoms with Crippen LogP contribution in [-0.4, -0.2) is 12.6 Å². The van der Waals surface area contributed by atoms with Crippen molar-refractivity contribution in [1.82, 2.24) is 0 Å². The van der Waals surface area contributed by atoms with Crippen LogP contribution in [0.3, 0.4) is 0 Å². The molecule has 0 atom stereocenters. The molecule has 0 radical (unpaired) electrons. The maximum Gasteiger partial charge on any atom is 0.309 e. The summed E-state index contributed by atoms with van der Waals surface area (Å²) in [5.74, 6) is -0.0896. The molecule has 0 rings (SSSR count). The van der Waals surface area contributed by atoms with Crippen molar-refractivity contribution in [2.24, 2.45) is 0 Å². The second-order valence-electron chi connectivity index (χ2n) is 4.45. The van der Waals surface area contributed by atoms with E-state index >= 15 is 0 Å². The molecular weight excluding hydrogens is 212 g/mol. The number of esters is 1. The Bertz CT molecular complexity index is 197. The number of rotatable bonds is 11. The van der Waals surface area contributed by atoms with Crippen LogP contribution in [0.2, 0.25) is 0 Å². The molecule has 0 aliphatic rings. The van der Waals surface area contributed by atoms with E-state index in [9.17, 15) is 4.79 Å². The normalized spacial score (nSPS) is 10.9. The van der Waals surface area contributed by atoms with Gasteiger partial charge in [0.2, 0.25) is 0 Å². The van der Waals surface area contributed by atoms with Crippen molar-refractivity contribution in [3.63, 3.8) is 0 Å². The van der Waals surface area contributed by atoms with Gasteiger partial charge >= 0.3 is 5.97 Å². The SMILES string of the molecule is CCCC/C=C/CC(=O)OCCCCCCC. The number of hydrogen-bond donors (Lipinski definition) is 0. The van der Waals surface area contributed by atoms with Crippen molar-refractivity contribution in [3.05, 3.63) is 12.2 Å². The van der Waals surface area contributed by atoms with Gasteiger partial charge in [-0.2, -0.15) is 0 Å². The van der Waals surface area contributed by atoms with E-state index < -0.39 is 0 Å². The predicted molar refractivity (Wildman–Crippen MR) is 73.0 cm³/mol. The maximum atomic E-state index is 11.3. The Morgan fingerprint density at radius 1 is 0.941 bits per heavy atom. The Balaban J connectivity index is 3.25. The summed E-state index contributed by atoms with van der Waals surface area (Å²) in [6.07, 6.45) is 13.9. The summed E-state index contributed by atoms with van der Waals surface area (Å²) >= 11 is 0. The molecule has 0 aliphatic carbocycles. The minimum atomic E-state index is -0.0896. The van der Waals surface area contributed by atoms with E-state index in [1.54, 1.807) is 0 Å². The summed E-state index contributed by atoms with van der Waals surface area (Å²) in [5.41, 5.74) is 0. The van der Waals surface area contributed by atoms with E-state index in [0.717, 1.165) is 12.8 Å². The molecule has 0 saturated heterocycles. The molecule has 0 N–H and O–H groups in total. The van der Waals surface area contributed by atoms with E-state index in [2.05, 4.69) is 19.9 Å². The third-order valence-corrected chi connectivity index (χ3v) is 2.69. The first-order valence-corrected chi connectivity index (χ1v) is 7.11. The number of allylic oxidation sites excluding steroid dienone is 1. The van der Waals surface area contributed by atoms with Gasteiger partial charge in [0.05, 0.1) is 13.0 Å². The van der Waals surface area contributed by atoms with Crippen molar-refractivity contribution in [2.45, 2.75) is 71.6 Å². The number of carbonyl (C=O) groups excluding carboxylic acids is 1. The minimum absolute atomic E-state index is 0.0896. The number of ether oxygens (including phenoxy) is 1. The topological polar surface area (TPSA) is 26.3 Å². The average Bonchev–Trinajstić information content (AvgIpc) is 2.33. The molecule has 0 aromatic heterocycles. The molecule has 0 aliphatic heterocycles. The maximum absolute atomic E-state index is 11.3. The molecular formula is C15H28O2.